The Bertz CT molecular complexity index is 445. The first kappa shape index (κ1) is 13.1. The van der Waals surface area contributed by atoms with E-state index in [9.17, 15) is 4.79 Å². The number of ether oxygens (including phenoxy) is 1. The number of nitrogens with zero attached hydrogens (tertiary/aromatic N) is 3. The summed E-state index contributed by atoms with van der Waals surface area (Å²) >= 11 is 0. The largest absolute Gasteiger partial charge is 0.493 e. The van der Waals surface area contributed by atoms with Gasteiger partial charge in [-0.1, -0.05) is 0 Å². The van der Waals surface area contributed by atoms with Gasteiger partial charge in [-0.25, -0.2) is 0 Å². The number of aromatic nitrogens is 2. The van der Waals surface area contributed by atoms with Crippen LogP contribution in [0.25, 0.3) is 0 Å². The van der Waals surface area contributed by atoms with Crippen LogP contribution in [0.3, 0.4) is 0 Å². The molecule has 1 fully saturated rings. The lowest BCUT2D eigenvalue weighted by Crippen LogP contribution is -2.49. The first-order chi connectivity index (χ1) is 8.48. The SMILES string of the molecule is COc1cnn(C)c1C(=O)C(C)(C)N1CCCC1. The number of carbonyl (C=O) groups excluding carboxylic acids is 1. The smallest absolute Gasteiger partial charge is 0.204 e. The molecule has 1 aliphatic rings. The highest BCUT2D eigenvalue weighted by molar-refractivity contribution is 6.03. The first-order valence-electron chi connectivity index (χ1n) is 6.34. The molecule has 0 unspecified atom stereocenters. The fourth-order valence-electron chi connectivity index (χ4n) is 2.54. The van der Waals surface area contributed by atoms with Crippen LogP contribution in [0.2, 0.25) is 0 Å². The number of hydrogen-bond donors (Lipinski definition) is 0. The Hall–Kier alpha value is -1.36. The van der Waals surface area contributed by atoms with Crippen molar-refractivity contribution in [3.63, 3.8) is 0 Å². The average Bonchev–Trinajstić information content (AvgIpc) is 2.96. The lowest BCUT2D eigenvalue weighted by molar-refractivity contribution is 0.0689. The van der Waals surface area contributed by atoms with Gasteiger partial charge in [0.05, 0.1) is 18.8 Å². The molecule has 0 N–H and O–H groups in total. The highest BCUT2D eigenvalue weighted by Crippen LogP contribution is 2.28. The summed E-state index contributed by atoms with van der Waals surface area (Å²) in [6, 6.07) is 0. The topological polar surface area (TPSA) is 47.4 Å². The van der Waals surface area contributed by atoms with Crippen molar-refractivity contribution in [2.24, 2.45) is 7.05 Å². The Kier molecular flexibility index (Phi) is 3.43. The number of Topliss-reactive ketones (excluding diaryl/α,β-unsaturated/α-hetero) is 1. The molecule has 1 aromatic rings. The third-order valence-electron chi connectivity index (χ3n) is 3.79. The van der Waals surface area contributed by atoms with Crippen LogP contribution >= 0.6 is 0 Å². The van der Waals surface area contributed by atoms with Gasteiger partial charge in [-0.15, -0.1) is 0 Å². The van der Waals surface area contributed by atoms with Crippen LogP contribution in [0.1, 0.15) is 37.2 Å². The van der Waals surface area contributed by atoms with Crippen molar-refractivity contribution in [2.75, 3.05) is 20.2 Å². The van der Waals surface area contributed by atoms with Crippen LogP contribution < -0.4 is 4.74 Å². The fraction of sp³-hybridized carbons (Fsp3) is 0.692. The van der Waals surface area contributed by atoms with E-state index in [0.717, 1.165) is 13.1 Å². The van der Waals surface area contributed by atoms with Gasteiger partial charge in [0.1, 0.15) is 5.69 Å². The average molecular weight is 251 g/mol. The Morgan fingerprint density at radius 3 is 2.56 bits per heavy atom. The van der Waals surface area contributed by atoms with Crippen molar-refractivity contribution < 1.29 is 9.53 Å². The zero-order valence-corrected chi connectivity index (χ0v) is 11.6. The van der Waals surface area contributed by atoms with Crippen LogP contribution in [-0.4, -0.2) is 46.2 Å². The third kappa shape index (κ3) is 2.03. The monoisotopic (exact) mass is 251 g/mol. The maximum atomic E-state index is 12.7. The van der Waals surface area contributed by atoms with Crippen LogP contribution in [0.5, 0.6) is 5.75 Å². The van der Waals surface area contributed by atoms with Crippen LogP contribution in [0, 0.1) is 0 Å². The molecule has 0 atom stereocenters. The molecule has 0 bridgehead atoms. The summed E-state index contributed by atoms with van der Waals surface area (Å²) in [6.45, 7) is 5.93. The van der Waals surface area contributed by atoms with E-state index in [2.05, 4.69) is 10.00 Å². The Balaban J connectivity index is 2.32. The van der Waals surface area contributed by atoms with Crippen molar-refractivity contribution in [3.8, 4) is 5.75 Å². The maximum absolute atomic E-state index is 12.7. The highest BCUT2D eigenvalue weighted by atomic mass is 16.5. The first-order valence-corrected chi connectivity index (χ1v) is 6.34. The van der Waals surface area contributed by atoms with E-state index in [-0.39, 0.29) is 5.78 Å². The van der Waals surface area contributed by atoms with E-state index in [1.165, 1.54) is 12.8 Å². The lowest BCUT2D eigenvalue weighted by atomic mass is 9.94. The summed E-state index contributed by atoms with van der Waals surface area (Å²) < 4.78 is 6.82. The molecule has 5 nitrogen and oxygen atoms in total. The van der Waals surface area contributed by atoms with Gasteiger partial charge in [0.2, 0.25) is 5.78 Å². The Labute approximate surface area is 108 Å². The molecule has 0 radical (unpaired) electrons. The molecule has 0 aromatic carbocycles. The molecule has 0 aliphatic carbocycles. The fourth-order valence-corrected chi connectivity index (χ4v) is 2.54. The number of hydrogen-bond acceptors (Lipinski definition) is 4. The molecule has 2 rings (SSSR count). The lowest BCUT2D eigenvalue weighted by Gasteiger charge is -2.33. The molecule has 0 amide bonds. The van der Waals surface area contributed by atoms with Gasteiger partial charge in [-0.2, -0.15) is 5.10 Å². The normalized spacial score (nSPS) is 17.1. The van der Waals surface area contributed by atoms with Gasteiger partial charge >= 0.3 is 0 Å². The molecule has 18 heavy (non-hydrogen) atoms. The summed E-state index contributed by atoms with van der Waals surface area (Å²) in [7, 11) is 3.34. The van der Waals surface area contributed by atoms with E-state index in [1.54, 1.807) is 25.0 Å². The Morgan fingerprint density at radius 2 is 2.00 bits per heavy atom. The van der Waals surface area contributed by atoms with Crippen molar-refractivity contribution in [2.45, 2.75) is 32.2 Å². The Morgan fingerprint density at radius 1 is 1.39 bits per heavy atom. The standard InChI is InChI=1S/C13H21N3O2/c1-13(2,16-7-5-6-8-16)12(17)11-10(18-4)9-14-15(11)3/h9H,5-8H2,1-4H3. The van der Waals surface area contributed by atoms with E-state index >= 15 is 0 Å². The van der Waals surface area contributed by atoms with Crippen LogP contribution in [0.4, 0.5) is 0 Å². The molecule has 0 spiro atoms. The minimum Gasteiger partial charge on any atom is -0.493 e. The second-order valence-corrected chi connectivity index (χ2v) is 5.27. The van der Waals surface area contributed by atoms with Crippen LogP contribution in [-0.2, 0) is 7.05 Å². The number of rotatable bonds is 4. The number of methoxy groups -OCH3 is 1. The molecule has 5 heteroatoms. The highest BCUT2D eigenvalue weighted by Gasteiger charge is 2.39. The van der Waals surface area contributed by atoms with E-state index in [0.29, 0.717) is 11.4 Å². The number of carbonyl (C=O) groups is 1. The van der Waals surface area contributed by atoms with Crippen LogP contribution in [0.15, 0.2) is 6.20 Å². The molecule has 1 saturated heterocycles. The molecular weight excluding hydrogens is 230 g/mol. The molecular formula is C13H21N3O2. The van der Waals surface area contributed by atoms with E-state index in [1.807, 2.05) is 13.8 Å². The molecule has 2 heterocycles. The van der Waals surface area contributed by atoms with Gasteiger partial charge < -0.3 is 4.74 Å². The van der Waals surface area contributed by atoms with Gasteiger partial charge in [0, 0.05) is 7.05 Å². The molecule has 1 aliphatic heterocycles. The predicted molar refractivity (Wildman–Crippen MR) is 69.0 cm³/mol. The summed E-state index contributed by atoms with van der Waals surface area (Å²) in [5.41, 5.74) is 0.0480. The number of likely N-dealkylation sites (tertiary alicyclic amines) is 1. The minimum atomic E-state index is -0.502. The summed E-state index contributed by atoms with van der Waals surface area (Å²) in [6.07, 6.45) is 3.92. The second-order valence-electron chi connectivity index (χ2n) is 5.27. The maximum Gasteiger partial charge on any atom is 0.204 e. The summed E-state index contributed by atoms with van der Waals surface area (Å²) in [5.74, 6) is 0.621. The van der Waals surface area contributed by atoms with E-state index in [4.69, 9.17) is 4.74 Å². The van der Waals surface area contributed by atoms with Gasteiger partial charge in [0.15, 0.2) is 5.75 Å². The van der Waals surface area contributed by atoms with Crippen molar-refractivity contribution in [1.29, 1.82) is 0 Å². The second kappa shape index (κ2) is 4.72. The number of aryl methyl sites for hydroxylation is 1. The zero-order chi connectivity index (χ0) is 13.3. The van der Waals surface area contributed by atoms with E-state index < -0.39 is 5.54 Å². The molecule has 0 saturated carbocycles. The summed E-state index contributed by atoms with van der Waals surface area (Å²) in [5, 5.41) is 4.10. The van der Waals surface area contributed by atoms with Gasteiger partial charge in [0.25, 0.3) is 0 Å². The predicted octanol–water partition coefficient (Wildman–Crippen LogP) is 1.49. The number of ketones is 1. The minimum absolute atomic E-state index is 0.0706. The summed E-state index contributed by atoms with van der Waals surface area (Å²) in [4.78, 5) is 15.0. The van der Waals surface area contributed by atoms with Gasteiger partial charge in [-0.3, -0.25) is 14.4 Å². The molecule has 1 aromatic heterocycles. The van der Waals surface area contributed by atoms with Gasteiger partial charge in [-0.05, 0) is 39.8 Å². The quantitative estimate of drug-likeness (QED) is 0.761. The molecule has 100 valence electrons. The van der Waals surface area contributed by atoms with Crippen molar-refractivity contribution >= 4 is 5.78 Å². The third-order valence-corrected chi connectivity index (χ3v) is 3.79. The van der Waals surface area contributed by atoms with Crippen molar-refractivity contribution in [3.05, 3.63) is 11.9 Å². The van der Waals surface area contributed by atoms with Crippen molar-refractivity contribution in [1.82, 2.24) is 14.7 Å². The zero-order valence-electron chi connectivity index (χ0n) is 11.6.